The first kappa shape index (κ1) is 13.5. The zero-order valence-electron chi connectivity index (χ0n) is 11.8. The van der Waals surface area contributed by atoms with Crippen molar-refractivity contribution >= 4 is 11.4 Å². The molecule has 7 nitrogen and oxygen atoms in total. The fourth-order valence-electron chi connectivity index (χ4n) is 2.72. The zero-order valence-corrected chi connectivity index (χ0v) is 11.8. The van der Waals surface area contributed by atoms with Gasteiger partial charge in [-0.05, 0) is 31.9 Å². The quantitative estimate of drug-likeness (QED) is 0.691. The van der Waals surface area contributed by atoms with Crippen LogP contribution in [0.25, 0.3) is 0 Å². The lowest BCUT2D eigenvalue weighted by atomic mass is 9.96. The van der Waals surface area contributed by atoms with Crippen molar-refractivity contribution in [2.45, 2.75) is 25.7 Å². The van der Waals surface area contributed by atoms with E-state index < -0.39 is 0 Å². The molecular weight excluding hydrogens is 270 g/mol. The van der Waals surface area contributed by atoms with E-state index in [4.69, 9.17) is 0 Å². The average Bonchev–Trinajstić information content (AvgIpc) is 2.94. The standard InChI is InChI=1S/C14H17N5O2/c1-10-15-14(17-16-10)11-6-8-18(9-7-11)12-2-4-13(5-3-12)19(20)21/h2-5,11H,6-9H2,1H3,(H,15,16,17). The Kier molecular flexibility index (Phi) is 3.55. The van der Waals surface area contributed by atoms with Crippen LogP contribution in [0.3, 0.4) is 0 Å². The van der Waals surface area contributed by atoms with Crippen LogP contribution >= 0.6 is 0 Å². The summed E-state index contributed by atoms with van der Waals surface area (Å²) in [5.41, 5.74) is 1.16. The second-order valence-electron chi connectivity index (χ2n) is 5.31. The Hall–Kier alpha value is -2.44. The van der Waals surface area contributed by atoms with Gasteiger partial charge >= 0.3 is 0 Å². The monoisotopic (exact) mass is 287 g/mol. The van der Waals surface area contributed by atoms with Gasteiger partial charge in [0, 0.05) is 36.8 Å². The molecule has 1 aliphatic heterocycles. The normalized spacial score (nSPS) is 16.1. The van der Waals surface area contributed by atoms with Crippen LogP contribution in [-0.4, -0.2) is 33.2 Å². The number of aromatic amines is 1. The lowest BCUT2D eigenvalue weighted by Gasteiger charge is -2.32. The third-order valence-electron chi connectivity index (χ3n) is 3.90. The fraction of sp³-hybridized carbons (Fsp3) is 0.429. The van der Waals surface area contributed by atoms with Crippen LogP contribution in [-0.2, 0) is 0 Å². The van der Waals surface area contributed by atoms with E-state index in [0.29, 0.717) is 5.92 Å². The van der Waals surface area contributed by atoms with E-state index in [1.165, 1.54) is 0 Å². The molecular formula is C14H17N5O2. The van der Waals surface area contributed by atoms with Crippen LogP contribution in [0.5, 0.6) is 0 Å². The Bertz CT molecular complexity index is 629. The maximum Gasteiger partial charge on any atom is 0.269 e. The molecule has 2 heterocycles. The van der Waals surface area contributed by atoms with Crippen molar-refractivity contribution in [1.82, 2.24) is 15.2 Å². The number of nitrogens with zero attached hydrogens (tertiary/aromatic N) is 4. The number of aryl methyl sites for hydroxylation is 1. The number of aromatic nitrogens is 3. The largest absolute Gasteiger partial charge is 0.371 e. The topological polar surface area (TPSA) is 87.9 Å². The third kappa shape index (κ3) is 2.86. The van der Waals surface area contributed by atoms with Gasteiger partial charge in [0.25, 0.3) is 5.69 Å². The van der Waals surface area contributed by atoms with Gasteiger partial charge < -0.3 is 4.90 Å². The fourth-order valence-corrected chi connectivity index (χ4v) is 2.72. The van der Waals surface area contributed by atoms with Gasteiger partial charge in [0.2, 0.25) is 0 Å². The summed E-state index contributed by atoms with van der Waals surface area (Å²) >= 11 is 0. The van der Waals surface area contributed by atoms with Gasteiger partial charge in [-0.3, -0.25) is 15.2 Å². The van der Waals surface area contributed by atoms with E-state index in [1.54, 1.807) is 12.1 Å². The zero-order chi connectivity index (χ0) is 14.8. The van der Waals surface area contributed by atoms with Gasteiger partial charge in [-0.2, -0.15) is 5.10 Å². The first-order chi connectivity index (χ1) is 10.1. The number of nitro groups is 1. The van der Waals surface area contributed by atoms with Gasteiger partial charge in [0.05, 0.1) is 4.92 Å². The van der Waals surface area contributed by atoms with Gasteiger partial charge in [-0.25, -0.2) is 4.98 Å². The molecule has 0 bridgehead atoms. The highest BCUT2D eigenvalue weighted by molar-refractivity contribution is 5.51. The minimum Gasteiger partial charge on any atom is -0.371 e. The van der Waals surface area contributed by atoms with Crippen molar-refractivity contribution in [2.24, 2.45) is 0 Å². The number of anilines is 1. The molecule has 0 radical (unpaired) electrons. The van der Waals surface area contributed by atoms with E-state index in [2.05, 4.69) is 20.1 Å². The van der Waals surface area contributed by atoms with E-state index in [0.717, 1.165) is 43.3 Å². The lowest BCUT2D eigenvalue weighted by Crippen LogP contribution is -2.33. The molecule has 0 aliphatic carbocycles. The molecule has 3 rings (SSSR count). The molecule has 21 heavy (non-hydrogen) atoms. The maximum absolute atomic E-state index is 10.7. The van der Waals surface area contributed by atoms with Crippen LogP contribution in [0.2, 0.25) is 0 Å². The van der Waals surface area contributed by atoms with E-state index in [9.17, 15) is 10.1 Å². The Balaban J connectivity index is 1.64. The Morgan fingerprint density at radius 2 is 1.95 bits per heavy atom. The van der Waals surface area contributed by atoms with Crippen LogP contribution < -0.4 is 4.90 Å². The molecule has 2 aromatic rings. The summed E-state index contributed by atoms with van der Waals surface area (Å²) in [6, 6.07) is 6.74. The Labute approximate surface area is 122 Å². The van der Waals surface area contributed by atoms with E-state index in [-0.39, 0.29) is 10.6 Å². The van der Waals surface area contributed by atoms with E-state index in [1.807, 2.05) is 19.1 Å². The summed E-state index contributed by atoms with van der Waals surface area (Å²) in [7, 11) is 0. The highest BCUT2D eigenvalue weighted by atomic mass is 16.6. The highest BCUT2D eigenvalue weighted by Crippen LogP contribution is 2.29. The molecule has 0 saturated carbocycles. The van der Waals surface area contributed by atoms with Gasteiger partial charge in [0.15, 0.2) is 5.82 Å². The van der Waals surface area contributed by atoms with Crippen molar-refractivity contribution < 1.29 is 4.92 Å². The minimum atomic E-state index is -0.373. The first-order valence-corrected chi connectivity index (χ1v) is 7.02. The summed E-state index contributed by atoms with van der Waals surface area (Å²) in [5, 5.41) is 17.8. The van der Waals surface area contributed by atoms with Crippen molar-refractivity contribution in [3.8, 4) is 0 Å². The molecule has 0 unspecified atom stereocenters. The first-order valence-electron chi connectivity index (χ1n) is 7.02. The number of H-pyrrole nitrogens is 1. The number of hydrogen-bond donors (Lipinski definition) is 1. The number of nitro benzene ring substituents is 1. The van der Waals surface area contributed by atoms with Crippen LogP contribution in [0, 0.1) is 17.0 Å². The second-order valence-corrected chi connectivity index (χ2v) is 5.31. The molecule has 0 spiro atoms. The maximum atomic E-state index is 10.7. The van der Waals surface area contributed by atoms with Gasteiger partial charge in [0.1, 0.15) is 5.82 Å². The second kappa shape index (κ2) is 5.51. The Morgan fingerprint density at radius 1 is 1.29 bits per heavy atom. The van der Waals surface area contributed by atoms with Crippen molar-refractivity contribution in [2.75, 3.05) is 18.0 Å². The number of hydrogen-bond acceptors (Lipinski definition) is 5. The molecule has 1 fully saturated rings. The number of nitrogens with one attached hydrogen (secondary N) is 1. The number of rotatable bonds is 3. The molecule has 1 aliphatic rings. The number of non-ortho nitro benzene ring substituents is 1. The smallest absolute Gasteiger partial charge is 0.269 e. The van der Waals surface area contributed by atoms with Gasteiger partial charge in [-0.15, -0.1) is 0 Å². The van der Waals surface area contributed by atoms with Crippen LogP contribution in [0.15, 0.2) is 24.3 Å². The minimum absolute atomic E-state index is 0.129. The molecule has 1 aromatic carbocycles. The summed E-state index contributed by atoms with van der Waals surface area (Å²) < 4.78 is 0. The van der Waals surface area contributed by atoms with Gasteiger partial charge in [-0.1, -0.05) is 0 Å². The van der Waals surface area contributed by atoms with Crippen molar-refractivity contribution in [1.29, 1.82) is 0 Å². The van der Waals surface area contributed by atoms with Crippen molar-refractivity contribution in [3.05, 3.63) is 46.0 Å². The summed E-state index contributed by atoms with van der Waals surface area (Å²) in [6.45, 7) is 3.73. The molecule has 110 valence electrons. The number of benzene rings is 1. The molecule has 7 heteroatoms. The van der Waals surface area contributed by atoms with Crippen LogP contribution in [0.1, 0.15) is 30.4 Å². The number of piperidine rings is 1. The molecule has 0 amide bonds. The lowest BCUT2D eigenvalue weighted by molar-refractivity contribution is -0.384. The SMILES string of the molecule is Cc1nc(C2CCN(c3ccc([N+](=O)[O-])cc3)CC2)n[nH]1. The predicted octanol–water partition coefficient (Wildman–Crippen LogP) is 2.41. The summed E-state index contributed by atoms with van der Waals surface area (Å²) in [5.74, 6) is 2.14. The molecule has 1 N–H and O–H groups in total. The van der Waals surface area contributed by atoms with E-state index >= 15 is 0 Å². The highest BCUT2D eigenvalue weighted by Gasteiger charge is 2.23. The third-order valence-corrected chi connectivity index (χ3v) is 3.90. The van der Waals surface area contributed by atoms with Crippen molar-refractivity contribution in [3.63, 3.8) is 0 Å². The molecule has 0 atom stereocenters. The van der Waals surface area contributed by atoms with Crippen LogP contribution in [0.4, 0.5) is 11.4 Å². The molecule has 1 saturated heterocycles. The predicted molar refractivity (Wildman–Crippen MR) is 78.4 cm³/mol. The molecule has 1 aromatic heterocycles. The summed E-state index contributed by atoms with van der Waals surface area (Å²) in [6.07, 6.45) is 1.99. The Morgan fingerprint density at radius 3 is 2.48 bits per heavy atom. The summed E-state index contributed by atoms with van der Waals surface area (Å²) in [4.78, 5) is 16.9. The average molecular weight is 287 g/mol.